The minimum absolute atomic E-state index is 0.0961. The van der Waals surface area contributed by atoms with Crippen molar-refractivity contribution in [3.8, 4) is 0 Å². The van der Waals surface area contributed by atoms with Crippen molar-refractivity contribution in [2.75, 3.05) is 49.1 Å². The van der Waals surface area contributed by atoms with E-state index in [1.54, 1.807) is 0 Å². The highest BCUT2D eigenvalue weighted by Crippen LogP contribution is 2.24. The topological polar surface area (TPSA) is 55.9 Å². The molecule has 6 nitrogen and oxygen atoms in total. The molecule has 0 radical (unpaired) electrons. The number of carbonyl (C=O) groups excluding carboxylic acids is 2. The van der Waals surface area contributed by atoms with Crippen LogP contribution in [0.25, 0.3) is 0 Å². The monoisotopic (exact) mass is 468 g/mol. The van der Waals surface area contributed by atoms with Crippen LogP contribution in [0.2, 0.25) is 0 Å². The van der Waals surface area contributed by atoms with Gasteiger partial charge in [0.25, 0.3) is 5.91 Å². The first kappa shape index (κ1) is 23.0. The van der Waals surface area contributed by atoms with E-state index in [1.807, 2.05) is 47.4 Å². The fraction of sp³-hybridized carbons (Fsp3) is 0.310. The number of fused-ring (bicyclic) bond motifs is 1. The summed E-state index contributed by atoms with van der Waals surface area (Å²) in [5.74, 6) is -0.0408. The van der Waals surface area contributed by atoms with Crippen LogP contribution in [0.15, 0.2) is 78.9 Å². The number of nitrogens with one attached hydrogen (secondary N) is 1. The molecule has 1 saturated heterocycles. The van der Waals surface area contributed by atoms with E-state index in [0.29, 0.717) is 31.6 Å². The summed E-state index contributed by atoms with van der Waals surface area (Å²) in [5, 5.41) is 2.91. The molecule has 35 heavy (non-hydrogen) atoms. The van der Waals surface area contributed by atoms with Gasteiger partial charge in [-0.25, -0.2) is 0 Å². The van der Waals surface area contributed by atoms with Crippen molar-refractivity contribution in [1.82, 2.24) is 10.2 Å². The average molecular weight is 469 g/mol. The van der Waals surface area contributed by atoms with E-state index >= 15 is 0 Å². The van der Waals surface area contributed by atoms with Gasteiger partial charge in [-0.1, -0.05) is 42.5 Å². The van der Waals surface area contributed by atoms with Gasteiger partial charge in [0.15, 0.2) is 0 Å². The Kier molecular flexibility index (Phi) is 6.98. The lowest BCUT2D eigenvalue weighted by atomic mass is 9.99. The number of hydrogen-bond donors (Lipinski definition) is 1. The molecular weight excluding hydrogens is 436 g/mol. The fourth-order valence-electron chi connectivity index (χ4n) is 4.94. The van der Waals surface area contributed by atoms with Crippen molar-refractivity contribution in [1.29, 1.82) is 0 Å². The number of hydrogen-bond acceptors (Lipinski definition) is 4. The molecule has 0 bridgehead atoms. The summed E-state index contributed by atoms with van der Waals surface area (Å²) in [6.07, 6.45) is 1.36. The van der Waals surface area contributed by atoms with Gasteiger partial charge in [-0.05, 0) is 53.9 Å². The molecule has 0 aliphatic carbocycles. The first-order valence-electron chi connectivity index (χ1n) is 12.5. The predicted molar refractivity (Wildman–Crippen MR) is 140 cm³/mol. The van der Waals surface area contributed by atoms with E-state index in [4.69, 9.17) is 0 Å². The van der Waals surface area contributed by atoms with Crippen LogP contribution in [0, 0.1) is 0 Å². The lowest BCUT2D eigenvalue weighted by molar-refractivity contribution is -0.131. The molecule has 2 aliphatic rings. The third-order valence-corrected chi connectivity index (χ3v) is 7.00. The molecule has 0 unspecified atom stereocenters. The van der Waals surface area contributed by atoms with Crippen LogP contribution in [-0.4, -0.2) is 56.0 Å². The molecule has 5 rings (SSSR count). The second-order valence-corrected chi connectivity index (χ2v) is 9.20. The van der Waals surface area contributed by atoms with Gasteiger partial charge in [0.2, 0.25) is 5.91 Å². The van der Waals surface area contributed by atoms with Crippen molar-refractivity contribution < 1.29 is 9.59 Å². The first-order chi connectivity index (χ1) is 17.2. The molecule has 3 aromatic carbocycles. The summed E-state index contributed by atoms with van der Waals surface area (Å²) < 4.78 is 0. The van der Waals surface area contributed by atoms with E-state index < -0.39 is 0 Å². The van der Waals surface area contributed by atoms with E-state index in [0.717, 1.165) is 38.3 Å². The normalized spacial score (nSPS) is 15.5. The fourth-order valence-corrected chi connectivity index (χ4v) is 4.94. The SMILES string of the molecule is O=C(NCCC(=O)N1CCN(c2ccccc2)CC1)c1ccc(N2CCc3ccccc3C2)cc1. The highest BCUT2D eigenvalue weighted by molar-refractivity contribution is 5.94. The van der Waals surface area contributed by atoms with Gasteiger partial charge in [0.1, 0.15) is 0 Å². The van der Waals surface area contributed by atoms with Gasteiger partial charge in [-0.2, -0.15) is 0 Å². The number of rotatable bonds is 6. The molecule has 0 aromatic heterocycles. The van der Waals surface area contributed by atoms with Gasteiger partial charge in [-0.3, -0.25) is 9.59 Å². The van der Waals surface area contributed by atoms with Crippen LogP contribution in [0.3, 0.4) is 0 Å². The maximum atomic E-state index is 12.6. The number of amides is 2. The number of nitrogens with zero attached hydrogens (tertiary/aromatic N) is 3. The molecule has 2 aliphatic heterocycles. The molecule has 1 fully saturated rings. The van der Waals surface area contributed by atoms with Gasteiger partial charge >= 0.3 is 0 Å². The van der Waals surface area contributed by atoms with Crippen molar-refractivity contribution >= 4 is 23.2 Å². The molecule has 1 N–H and O–H groups in total. The van der Waals surface area contributed by atoms with E-state index in [1.165, 1.54) is 16.8 Å². The third-order valence-electron chi connectivity index (χ3n) is 7.00. The van der Waals surface area contributed by atoms with E-state index in [2.05, 4.69) is 51.5 Å². The zero-order valence-corrected chi connectivity index (χ0v) is 20.0. The lowest BCUT2D eigenvalue weighted by Crippen LogP contribution is -2.49. The number of carbonyl (C=O) groups is 2. The predicted octanol–water partition coefficient (Wildman–Crippen LogP) is 3.72. The Hall–Kier alpha value is -3.80. The van der Waals surface area contributed by atoms with Gasteiger partial charge in [0, 0.05) is 69.2 Å². The smallest absolute Gasteiger partial charge is 0.251 e. The lowest BCUT2D eigenvalue weighted by Gasteiger charge is -2.36. The van der Waals surface area contributed by atoms with Crippen LogP contribution in [-0.2, 0) is 17.8 Å². The average Bonchev–Trinajstić information content (AvgIpc) is 2.93. The van der Waals surface area contributed by atoms with Crippen LogP contribution in [0.4, 0.5) is 11.4 Å². The van der Waals surface area contributed by atoms with E-state index in [9.17, 15) is 9.59 Å². The van der Waals surface area contributed by atoms with Gasteiger partial charge in [-0.15, -0.1) is 0 Å². The Morgan fingerprint density at radius 2 is 1.34 bits per heavy atom. The Balaban J connectivity index is 1.06. The van der Waals surface area contributed by atoms with Crippen molar-refractivity contribution in [2.24, 2.45) is 0 Å². The summed E-state index contributed by atoms with van der Waals surface area (Å²) in [6.45, 7) is 5.30. The molecule has 2 heterocycles. The van der Waals surface area contributed by atoms with Gasteiger partial charge in [0.05, 0.1) is 0 Å². The minimum atomic E-state index is -0.137. The molecule has 3 aromatic rings. The van der Waals surface area contributed by atoms with Crippen molar-refractivity contribution in [2.45, 2.75) is 19.4 Å². The Morgan fingerprint density at radius 3 is 2.09 bits per heavy atom. The van der Waals surface area contributed by atoms with Crippen LogP contribution < -0.4 is 15.1 Å². The summed E-state index contributed by atoms with van der Waals surface area (Å²) in [6, 6.07) is 26.6. The number of piperazine rings is 1. The maximum Gasteiger partial charge on any atom is 0.251 e. The van der Waals surface area contributed by atoms with E-state index in [-0.39, 0.29) is 11.8 Å². The van der Waals surface area contributed by atoms with Crippen molar-refractivity contribution in [3.05, 3.63) is 95.6 Å². The number of para-hydroxylation sites is 1. The number of benzene rings is 3. The molecule has 6 heteroatoms. The van der Waals surface area contributed by atoms with Crippen LogP contribution in [0.5, 0.6) is 0 Å². The molecule has 0 atom stereocenters. The maximum absolute atomic E-state index is 12.6. The molecule has 180 valence electrons. The summed E-state index contributed by atoms with van der Waals surface area (Å²) >= 11 is 0. The second-order valence-electron chi connectivity index (χ2n) is 9.20. The van der Waals surface area contributed by atoms with Crippen LogP contribution >= 0.6 is 0 Å². The molecule has 2 amide bonds. The Morgan fingerprint density at radius 1 is 0.686 bits per heavy atom. The second kappa shape index (κ2) is 10.6. The van der Waals surface area contributed by atoms with Gasteiger partial charge < -0.3 is 20.0 Å². The zero-order chi connectivity index (χ0) is 24.0. The first-order valence-corrected chi connectivity index (χ1v) is 12.5. The minimum Gasteiger partial charge on any atom is -0.368 e. The summed E-state index contributed by atoms with van der Waals surface area (Å²) in [5.41, 5.74) is 5.73. The zero-order valence-electron chi connectivity index (χ0n) is 20.0. The highest BCUT2D eigenvalue weighted by Gasteiger charge is 2.21. The Bertz CT molecular complexity index is 1150. The molecule has 0 spiro atoms. The summed E-state index contributed by atoms with van der Waals surface area (Å²) in [7, 11) is 0. The third kappa shape index (κ3) is 5.48. The standard InChI is InChI=1S/C29H32N4O2/c34-28(32-20-18-31(19-21-32)26-8-2-1-3-9-26)14-16-30-29(35)24-10-12-27(13-11-24)33-17-15-23-6-4-5-7-25(23)22-33/h1-13H,14-22H2,(H,30,35). The highest BCUT2D eigenvalue weighted by atomic mass is 16.2. The van der Waals surface area contributed by atoms with Crippen LogP contribution in [0.1, 0.15) is 27.9 Å². The molecule has 0 saturated carbocycles. The van der Waals surface area contributed by atoms with Crippen molar-refractivity contribution in [3.63, 3.8) is 0 Å². The number of anilines is 2. The molecular formula is C29H32N4O2. The Labute approximate surface area is 207 Å². The quantitative estimate of drug-likeness (QED) is 0.599. The summed E-state index contributed by atoms with van der Waals surface area (Å²) in [4.78, 5) is 31.8. The largest absolute Gasteiger partial charge is 0.368 e.